The van der Waals surface area contributed by atoms with Gasteiger partial charge in [-0.2, -0.15) is 4.98 Å². The van der Waals surface area contributed by atoms with Crippen LogP contribution in [0.2, 0.25) is 0 Å². The standard InChI is InChI=1S/C21H29N3O5/c1-6-27-16-11-10-14(13-17(16)26-5)18-22-19(29-23-18)15-9-7-8-12-24(15)20(25)28-21(2,3)4/h10-11,13,15H,6-9,12H2,1-5H3. The van der Waals surface area contributed by atoms with E-state index in [2.05, 4.69) is 10.1 Å². The van der Waals surface area contributed by atoms with Gasteiger partial charge in [0.05, 0.1) is 13.7 Å². The highest BCUT2D eigenvalue weighted by atomic mass is 16.6. The van der Waals surface area contributed by atoms with Crippen LogP contribution < -0.4 is 9.47 Å². The fourth-order valence-electron chi connectivity index (χ4n) is 3.30. The van der Waals surface area contributed by atoms with Crippen molar-refractivity contribution in [2.75, 3.05) is 20.3 Å². The van der Waals surface area contributed by atoms with Crippen LogP contribution in [-0.2, 0) is 4.74 Å². The van der Waals surface area contributed by atoms with Crippen LogP contribution in [0.1, 0.15) is 58.9 Å². The van der Waals surface area contributed by atoms with E-state index < -0.39 is 5.60 Å². The molecule has 0 saturated carbocycles. The fraction of sp³-hybridized carbons (Fsp3) is 0.571. The van der Waals surface area contributed by atoms with Crippen LogP contribution in [0.5, 0.6) is 11.5 Å². The molecule has 29 heavy (non-hydrogen) atoms. The molecule has 1 atom stereocenters. The molecule has 1 aliphatic rings. The van der Waals surface area contributed by atoms with E-state index >= 15 is 0 Å². The van der Waals surface area contributed by atoms with Gasteiger partial charge in [0, 0.05) is 12.1 Å². The largest absolute Gasteiger partial charge is 0.493 e. The van der Waals surface area contributed by atoms with Gasteiger partial charge < -0.3 is 18.7 Å². The van der Waals surface area contributed by atoms with Crippen LogP contribution in [0.25, 0.3) is 11.4 Å². The topological polar surface area (TPSA) is 86.9 Å². The molecule has 1 aromatic heterocycles. The average molecular weight is 403 g/mol. The van der Waals surface area contributed by atoms with Gasteiger partial charge in [-0.15, -0.1) is 0 Å². The van der Waals surface area contributed by atoms with Gasteiger partial charge >= 0.3 is 6.09 Å². The van der Waals surface area contributed by atoms with Gasteiger partial charge in [0.2, 0.25) is 11.7 Å². The molecule has 1 fully saturated rings. The maximum atomic E-state index is 12.6. The number of likely N-dealkylation sites (tertiary alicyclic amines) is 1. The van der Waals surface area contributed by atoms with Crippen molar-refractivity contribution < 1.29 is 23.5 Å². The number of carbonyl (C=O) groups excluding carboxylic acids is 1. The summed E-state index contributed by atoms with van der Waals surface area (Å²) in [4.78, 5) is 18.9. The minimum Gasteiger partial charge on any atom is -0.493 e. The third kappa shape index (κ3) is 4.99. The number of rotatable bonds is 5. The smallest absolute Gasteiger partial charge is 0.410 e. The monoisotopic (exact) mass is 403 g/mol. The Morgan fingerprint density at radius 1 is 1.28 bits per heavy atom. The van der Waals surface area contributed by atoms with Crippen molar-refractivity contribution in [3.8, 4) is 22.9 Å². The van der Waals surface area contributed by atoms with Gasteiger partial charge in [0.25, 0.3) is 0 Å². The molecule has 1 saturated heterocycles. The number of aromatic nitrogens is 2. The summed E-state index contributed by atoms with van der Waals surface area (Å²) >= 11 is 0. The molecular formula is C21H29N3O5. The van der Waals surface area contributed by atoms with E-state index in [1.807, 2.05) is 45.9 Å². The number of benzene rings is 1. The molecule has 0 aliphatic carbocycles. The summed E-state index contributed by atoms with van der Waals surface area (Å²) in [7, 11) is 1.59. The molecule has 1 aliphatic heterocycles. The zero-order chi connectivity index (χ0) is 21.0. The van der Waals surface area contributed by atoms with E-state index in [0.29, 0.717) is 36.4 Å². The zero-order valence-corrected chi connectivity index (χ0v) is 17.7. The predicted octanol–water partition coefficient (Wildman–Crippen LogP) is 4.61. The van der Waals surface area contributed by atoms with E-state index in [1.54, 1.807) is 12.0 Å². The average Bonchev–Trinajstić information content (AvgIpc) is 3.17. The Bertz CT molecular complexity index is 843. The second-order valence-electron chi connectivity index (χ2n) is 7.94. The number of hydrogen-bond donors (Lipinski definition) is 0. The summed E-state index contributed by atoms with van der Waals surface area (Å²) in [5.74, 6) is 2.11. The number of ether oxygens (including phenoxy) is 3. The van der Waals surface area contributed by atoms with Gasteiger partial charge in [-0.25, -0.2) is 4.79 Å². The first kappa shape index (κ1) is 21.0. The summed E-state index contributed by atoms with van der Waals surface area (Å²) in [6.07, 6.45) is 2.31. The molecule has 158 valence electrons. The lowest BCUT2D eigenvalue weighted by molar-refractivity contribution is 0.00538. The lowest BCUT2D eigenvalue weighted by Crippen LogP contribution is -2.42. The Hall–Kier alpha value is -2.77. The molecule has 1 unspecified atom stereocenters. The molecule has 8 heteroatoms. The van der Waals surface area contributed by atoms with Crippen molar-refractivity contribution in [1.82, 2.24) is 15.0 Å². The van der Waals surface area contributed by atoms with Gasteiger partial charge in [0.1, 0.15) is 11.6 Å². The summed E-state index contributed by atoms with van der Waals surface area (Å²) in [5.41, 5.74) is 0.192. The highest BCUT2D eigenvalue weighted by molar-refractivity contribution is 5.69. The lowest BCUT2D eigenvalue weighted by atomic mass is 10.0. The molecular weight excluding hydrogens is 374 g/mol. The van der Waals surface area contributed by atoms with Gasteiger partial charge in [-0.3, -0.25) is 4.90 Å². The molecule has 2 heterocycles. The third-order valence-electron chi connectivity index (χ3n) is 4.58. The number of carbonyl (C=O) groups is 1. The molecule has 0 radical (unpaired) electrons. The van der Waals surface area contributed by atoms with E-state index in [0.717, 1.165) is 24.8 Å². The van der Waals surface area contributed by atoms with Crippen LogP contribution in [0.3, 0.4) is 0 Å². The van der Waals surface area contributed by atoms with Crippen LogP contribution in [0.4, 0.5) is 4.79 Å². The van der Waals surface area contributed by atoms with E-state index in [9.17, 15) is 4.79 Å². The highest BCUT2D eigenvalue weighted by Crippen LogP contribution is 2.34. The first-order valence-corrected chi connectivity index (χ1v) is 9.97. The Labute approximate surface area is 171 Å². The summed E-state index contributed by atoms with van der Waals surface area (Å²) in [5, 5.41) is 4.12. The van der Waals surface area contributed by atoms with Crippen LogP contribution >= 0.6 is 0 Å². The van der Waals surface area contributed by atoms with Gasteiger partial charge in [0.15, 0.2) is 11.5 Å². The predicted molar refractivity (Wildman–Crippen MR) is 107 cm³/mol. The molecule has 0 spiro atoms. The second kappa shape index (κ2) is 8.71. The minimum atomic E-state index is -0.558. The summed E-state index contributed by atoms with van der Waals surface area (Å²) in [6, 6.07) is 5.20. The number of nitrogens with zero attached hydrogens (tertiary/aromatic N) is 3. The maximum Gasteiger partial charge on any atom is 0.410 e. The Balaban J connectivity index is 1.83. The summed E-state index contributed by atoms with van der Waals surface area (Å²) < 4.78 is 22.0. The van der Waals surface area contributed by atoms with Crippen molar-refractivity contribution in [1.29, 1.82) is 0 Å². The zero-order valence-electron chi connectivity index (χ0n) is 17.7. The Morgan fingerprint density at radius 3 is 2.76 bits per heavy atom. The van der Waals surface area contributed by atoms with E-state index in [4.69, 9.17) is 18.7 Å². The highest BCUT2D eigenvalue weighted by Gasteiger charge is 2.35. The molecule has 8 nitrogen and oxygen atoms in total. The normalized spacial score (nSPS) is 17.1. The minimum absolute atomic E-state index is 0.288. The van der Waals surface area contributed by atoms with Crippen LogP contribution in [-0.4, -0.2) is 47.0 Å². The van der Waals surface area contributed by atoms with Crippen LogP contribution in [0, 0.1) is 0 Å². The SMILES string of the molecule is CCOc1ccc(-c2noc(C3CCCCN3C(=O)OC(C)(C)C)n2)cc1OC. The van der Waals surface area contributed by atoms with Crippen molar-refractivity contribution in [2.45, 2.75) is 58.6 Å². The first-order valence-electron chi connectivity index (χ1n) is 9.97. The number of amides is 1. The number of hydrogen-bond acceptors (Lipinski definition) is 7. The summed E-state index contributed by atoms with van der Waals surface area (Å²) in [6.45, 7) is 8.63. The van der Waals surface area contributed by atoms with Crippen molar-refractivity contribution >= 4 is 6.09 Å². The molecule has 0 N–H and O–H groups in total. The number of piperidine rings is 1. The number of methoxy groups -OCH3 is 1. The van der Waals surface area contributed by atoms with Crippen molar-refractivity contribution in [3.05, 3.63) is 24.1 Å². The molecule has 1 aromatic carbocycles. The van der Waals surface area contributed by atoms with Gasteiger partial charge in [-0.05, 0) is 65.2 Å². The molecule has 3 rings (SSSR count). The van der Waals surface area contributed by atoms with E-state index in [1.165, 1.54) is 0 Å². The third-order valence-corrected chi connectivity index (χ3v) is 4.58. The van der Waals surface area contributed by atoms with E-state index in [-0.39, 0.29) is 12.1 Å². The Morgan fingerprint density at radius 2 is 2.07 bits per heavy atom. The van der Waals surface area contributed by atoms with Crippen molar-refractivity contribution in [2.24, 2.45) is 0 Å². The molecule has 0 bridgehead atoms. The molecule has 1 amide bonds. The van der Waals surface area contributed by atoms with Crippen LogP contribution in [0.15, 0.2) is 22.7 Å². The second-order valence-corrected chi connectivity index (χ2v) is 7.94. The maximum absolute atomic E-state index is 12.6. The Kier molecular flexibility index (Phi) is 6.30. The molecule has 2 aromatic rings. The quantitative estimate of drug-likeness (QED) is 0.720. The fourth-order valence-corrected chi connectivity index (χ4v) is 3.30. The van der Waals surface area contributed by atoms with Crippen molar-refractivity contribution in [3.63, 3.8) is 0 Å². The lowest BCUT2D eigenvalue weighted by Gasteiger charge is -2.34. The first-order chi connectivity index (χ1) is 13.8. The van der Waals surface area contributed by atoms with Gasteiger partial charge in [-0.1, -0.05) is 5.16 Å².